The Morgan fingerprint density at radius 2 is 2.31 bits per heavy atom. The topological polar surface area (TPSA) is 87.5 Å². The minimum absolute atomic E-state index is 0.328. The van der Waals surface area contributed by atoms with E-state index in [4.69, 9.17) is 5.11 Å². The summed E-state index contributed by atoms with van der Waals surface area (Å²) in [5.41, 5.74) is 0. The van der Waals surface area contributed by atoms with Crippen LogP contribution >= 0.6 is 0 Å². The second-order valence-electron chi connectivity index (χ2n) is 3.36. The van der Waals surface area contributed by atoms with E-state index in [0.29, 0.717) is 6.54 Å². The Labute approximate surface area is 92.7 Å². The van der Waals surface area contributed by atoms with Crippen LogP contribution in [-0.2, 0) is 18.4 Å². The number of carboxylic acid groups (broad SMARTS) is 1. The Kier molecular flexibility index (Phi) is 3.87. The Balaban J connectivity index is 2.46. The van der Waals surface area contributed by atoms with Crippen molar-refractivity contribution in [2.75, 3.05) is 13.6 Å². The first kappa shape index (κ1) is 12.0. The number of carbonyl (C=O) groups is 2. The first-order chi connectivity index (χ1) is 7.50. The first-order valence-electron chi connectivity index (χ1n) is 4.67. The number of rotatable bonds is 4. The van der Waals surface area contributed by atoms with Crippen LogP contribution in [-0.4, -0.2) is 45.2 Å². The lowest BCUT2D eigenvalue weighted by molar-refractivity contribution is -0.135. The zero-order valence-corrected chi connectivity index (χ0v) is 9.17. The highest BCUT2D eigenvalue weighted by molar-refractivity contribution is 5.79. The van der Waals surface area contributed by atoms with Gasteiger partial charge in [-0.1, -0.05) is 0 Å². The Morgan fingerprint density at radius 1 is 1.62 bits per heavy atom. The van der Waals surface area contributed by atoms with Crippen LogP contribution in [0.3, 0.4) is 0 Å². The number of hydrogen-bond donors (Lipinski definition) is 2. The van der Waals surface area contributed by atoms with Crippen LogP contribution in [0.1, 0.15) is 5.82 Å². The molecule has 0 aliphatic heterocycles. The number of hydrogen-bond acceptors (Lipinski definition) is 3. The second kappa shape index (κ2) is 5.15. The average Bonchev–Trinajstić information content (AvgIpc) is 2.60. The SMILES string of the molecule is CN(Cc1nccn1C)C(=O)NCC(=O)O. The van der Waals surface area contributed by atoms with Crippen molar-refractivity contribution in [2.45, 2.75) is 6.54 Å². The van der Waals surface area contributed by atoms with Crippen LogP contribution < -0.4 is 5.32 Å². The highest BCUT2D eigenvalue weighted by Gasteiger charge is 2.11. The second-order valence-corrected chi connectivity index (χ2v) is 3.36. The normalized spacial score (nSPS) is 9.88. The van der Waals surface area contributed by atoms with Crippen LogP contribution in [0.15, 0.2) is 12.4 Å². The molecular weight excluding hydrogens is 212 g/mol. The highest BCUT2D eigenvalue weighted by Crippen LogP contribution is 1.99. The van der Waals surface area contributed by atoms with E-state index in [2.05, 4.69) is 10.3 Å². The van der Waals surface area contributed by atoms with Crippen LogP contribution in [0.4, 0.5) is 4.79 Å². The maximum Gasteiger partial charge on any atom is 0.323 e. The van der Waals surface area contributed by atoms with Gasteiger partial charge in [-0.05, 0) is 0 Å². The summed E-state index contributed by atoms with van der Waals surface area (Å²) in [6, 6.07) is -0.439. The quantitative estimate of drug-likeness (QED) is 0.734. The Morgan fingerprint density at radius 3 is 2.81 bits per heavy atom. The summed E-state index contributed by atoms with van der Waals surface area (Å²) in [7, 11) is 3.40. The lowest BCUT2D eigenvalue weighted by atomic mass is 10.5. The summed E-state index contributed by atoms with van der Waals surface area (Å²) >= 11 is 0. The molecule has 0 saturated carbocycles. The minimum Gasteiger partial charge on any atom is -0.480 e. The summed E-state index contributed by atoms with van der Waals surface area (Å²) in [6.45, 7) is -0.0569. The summed E-state index contributed by atoms with van der Waals surface area (Å²) in [6.07, 6.45) is 3.41. The number of aromatic nitrogens is 2. The van der Waals surface area contributed by atoms with Crippen molar-refractivity contribution in [2.24, 2.45) is 7.05 Å². The molecule has 0 unspecified atom stereocenters. The van der Waals surface area contributed by atoms with Crippen LogP contribution in [0.5, 0.6) is 0 Å². The van der Waals surface area contributed by atoms with Crippen molar-refractivity contribution < 1.29 is 14.7 Å². The summed E-state index contributed by atoms with van der Waals surface area (Å²) in [5, 5.41) is 10.7. The molecule has 0 saturated heterocycles. The van der Waals surface area contributed by atoms with Gasteiger partial charge in [0.2, 0.25) is 0 Å². The zero-order chi connectivity index (χ0) is 12.1. The monoisotopic (exact) mass is 226 g/mol. The molecule has 2 N–H and O–H groups in total. The van der Waals surface area contributed by atoms with Crippen molar-refractivity contribution in [3.63, 3.8) is 0 Å². The maximum atomic E-state index is 11.4. The van der Waals surface area contributed by atoms with Gasteiger partial charge in [-0.25, -0.2) is 9.78 Å². The Bertz CT molecular complexity index is 388. The fourth-order valence-corrected chi connectivity index (χ4v) is 1.12. The van der Waals surface area contributed by atoms with Gasteiger partial charge in [0.05, 0.1) is 6.54 Å². The molecule has 0 radical (unpaired) electrons. The van der Waals surface area contributed by atoms with Gasteiger partial charge >= 0.3 is 12.0 Å². The van der Waals surface area contributed by atoms with E-state index in [1.807, 2.05) is 7.05 Å². The van der Waals surface area contributed by atoms with E-state index < -0.39 is 12.0 Å². The van der Waals surface area contributed by atoms with Gasteiger partial charge in [0.25, 0.3) is 0 Å². The molecule has 0 bridgehead atoms. The largest absolute Gasteiger partial charge is 0.480 e. The molecule has 16 heavy (non-hydrogen) atoms. The van der Waals surface area contributed by atoms with E-state index in [1.54, 1.807) is 24.0 Å². The van der Waals surface area contributed by atoms with E-state index >= 15 is 0 Å². The van der Waals surface area contributed by atoms with E-state index in [-0.39, 0.29) is 6.54 Å². The van der Waals surface area contributed by atoms with Crippen molar-refractivity contribution in [3.8, 4) is 0 Å². The third-order valence-electron chi connectivity index (χ3n) is 2.04. The number of amides is 2. The molecule has 7 heteroatoms. The van der Waals surface area contributed by atoms with Crippen molar-refractivity contribution in [1.29, 1.82) is 0 Å². The molecule has 0 atom stereocenters. The molecule has 1 heterocycles. The average molecular weight is 226 g/mol. The third kappa shape index (κ3) is 3.26. The molecule has 0 spiro atoms. The molecule has 7 nitrogen and oxygen atoms in total. The molecule has 1 rings (SSSR count). The van der Waals surface area contributed by atoms with E-state index in [9.17, 15) is 9.59 Å². The number of aliphatic carboxylic acids is 1. The lowest BCUT2D eigenvalue weighted by Gasteiger charge is -2.16. The highest BCUT2D eigenvalue weighted by atomic mass is 16.4. The number of imidazole rings is 1. The molecule has 0 aliphatic carbocycles. The van der Waals surface area contributed by atoms with Crippen molar-refractivity contribution >= 4 is 12.0 Å². The van der Waals surface area contributed by atoms with Gasteiger partial charge in [0.15, 0.2) is 0 Å². The lowest BCUT2D eigenvalue weighted by Crippen LogP contribution is -2.39. The number of carbonyl (C=O) groups excluding carboxylic acids is 1. The maximum absolute atomic E-state index is 11.4. The molecule has 0 aliphatic rings. The first-order valence-corrected chi connectivity index (χ1v) is 4.67. The van der Waals surface area contributed by atoms with Crippen LogP contribution in [0.25, 0.3) is 0 Å². The van der Waals surface area contributed by atoms with Crippen LogP contribution in [0, 0.1) is 0 Å². The van der Waals surface area contributed by atoms with Gasteiger partial charge < -0.3 is 19.9 Å². The van der Waals surface area contributed by atoms with Gasteiger partial charge in [-0.3, -0.25) is 4.79 Å². The van der Waals surface area contributed by atoms with Crippen molar-refractivity contribution in [3.05, 3.63) is 18.2 Å². The van der Waals surface area contributed by atoms with E-state index in [1.165, 1.54) is 4.90 Å². The molecular formula is C9H14N4O3. The zero-order valence-electron chi connectivity index (χ0n) is 9.17. The number of aryl methyl sites for hydroxylation is 1. The summed E-state index contributed by atoms with van der Waals surface area (Å²) in [4.78, 5) is 27.1. The minimum atomic E-state index is -1.07. The summed E-state index contributed by atoms with van der Waals surface area (Å²) in [5.74, 6) is -0.341. The number of urea groups is 1. The van der Waals surface area contributed by atoms with Gasteiger partial charge in [-0.15, -0.1) is 0 Å². The Hall–Kier alpha value is -2.05. The molecule has 0 fully saturated rings. The number of nitrogens with zero attached hydrogens (tertiary/aromatic N) is 3. The number of carboxylic acids is 1. The molecule has 1 aromatic rings. The fraction of sp³-hybridized carbons (Fsp3) is 0.444. The standard InChI is InChI=1S/C9H14N4O3/c1-12-4-3-10-7(12)6-13(2)9(16)11-5-8(14)15/h3-4H,5-6H2,1-2H3,(H,11,16)(H,14,15). The van der Waals surface area contributed by atoms with Gasteiger partial charge in [-0.2, -0.15) is 0 Å². The van der Waals surface area contributed by atoms with Gasteiger partial charge in [0.1, 0.15) is 12.4 Å². The van der Waals surface area contributed by atoms with Crippen molar-refractivity contribution in [1.82, 2.24) is 19.8 Å². The molecule has 2 amide bonds. The predicted octanol–water partition coefficient (Wildman–Crippen LogP) is -0.354. The third-order valence-corrected chi connectivity index (χ3v) is 2.04. The fourth-order valence-electron chi connectivity index (χ4n) is 1.12. The van der Waals surface area contributed by atoms with Crippen LogP contribution in [0.2, 0.25) is 0 Å². The smallest absolute Gasteiger partial charge is 0.323 e. The predicted molar refractivity (Wildman–Crippen MR) is 55.7 cm³/mol. The number of nitrogens with one attached hydrogen (secondary N) is 1. The molecule has 88 valence electrons. The van der Waals surface area contributed by atoms with E-state index in [0.717, 1.165) is 5.82 Å². The molecule has 1 aromatic heterocycles. The summed E-state index contributed by atoms with van der Waals surface area (Å²) < 4.78 is 1.79. The van der Waals surface area contributed by atoms with Gasteiger partial charge in [0, 0.05) is 26.5 Å². The molecule has 0 aromatic carbocycles.